The maximum atomic E-state index is 13.8. The van der Waals surface area contributed by atoms with Gasteiger partial charge in [-0.1, -0.05) is 42.5 Å². The summed E-state index contributed by atoms with van der Waals surface area (Å²) in [6.07, 6.45) is 0.487. The normalized spacial score (nSPS) is 14.0. The van der Waals surface area contributed by atoms with Crippen LogP contribution in [-0.4, -0.2) is 77.0 Å². The van der Waals surface area contributed by atoms with Gasteiger partial charge in [-0.3, -0.25) is 4.79 Å². The van der Waals surface area contributed by atoms with Gasteiger partial charge in [-0.15, -0.1) is 0 Å². The minimum atomic E-state index is -3.99. The number of carbonyl (C=O) groups is 1. The van der Waals surface area contributed by atoms with Crippen LogP contribution < -0.4 is 14.4 Å². The zero-order valence-corrected chi connectivity index (χ0v) is 23.9. The molecule has 0 aliphatic carbocycles. The molecule has 0 spiro atoms. The Labute approximate surface area is 231 Å². The number of benzene rings is 3. The Morgan fingerprint density at radius 2 is 1.56 bits per heavy atom. The summed E-state index contributed by atoms with van der Waals surface area (Å²) in [5.74, 6) is 0.549. The molecule has 3 aromatic carbocycles. The first-order valence-corrected chi connectivity index (χ1v) is 14.5. The summed E-state index contributed by atoms with van der Waals surface area (Å²) in [4.78, 5) is 17.6. The summed E-state index contributed by atoms with van der Waals surface area (Å²) in [5, 5.41) is 0. The molecule has 8 nitrogen and oxygen atoms in total. The van der Waals surface area contributed by atoms with E-state index in [0.717, 1.165) is 5.56 Å². The number of anilines is 1. The molecule has 0 N–H and O–H groups in total. The van der Waals surface area contributed by atoms with Gasteiger partial charge >= 0.3 is 0 Å². The van der Waals surface area contributed by atoms with Crippen LogP contribution in [0, 0.1) is 13.8 Å². The number of methoxy groups -OCH3 is 2. The Balaban J connectivity index is 1.51. The van der Waals surface area contributed by atoms with Crippen molar-refractivity contribution >= 4 is 21.6 Å². The highest BCUT2D eigenvalue weighted by atomic mass is 32.2. The first-order chi connectivity index (χ1) is 18.7. The summed E-state index contributed by atoms with van der Waals surface area (Å²) in [7, 11) is -1.03. The molecule has 3 aromatic rings. The van der Waals surface area contributed by atoms with Crippen LogP contribution in [0.2, 0.25) is 0 Å². The molecule has 0 unspecified atom stereocenters. The summed E-state index contributed by atoms with van der Waals surface area (Å²) in [6.45, 7) is 6.63. The van der Waals surface area contributed by atoms with Crippen molar-refractivity contribution in [3.8, 4) is 11.5 Å². The Hall–Kier alpha value is -3.56. The number of ether oxygens (including phenoxy) is 2. The lowest BCUT2D eigenvalue weighted by atomic mass is 10.1. The molecule has 0 bridgehead atoms. The fraction of sp³-hybridized carbons (Fsp3) is 0.367. The minimum absolute atomic E-state index is 0.0563. The SMILES string of the molecule is COc1ccc(S(=O)(=O)N(CCc2ccccc2)CC(=O)N2CCN(c3cccc(C)c3C)CC2)cc1OC. The fourth-order valence-electron chi connectivity index (χ4n) is 4.83. The topological polar surface area (TPSA) is 79.4 Å². The molecule has 1 amide bonds. The van der Waals surface area contributed by atoms with E-state index in [0.29, 0.717) is 44.1 Å². The van der Waals surface area contributed by atoms with Gasteiger partial charge in [0.25, 0.3) is 0 Å². The van der Waals surface area contributed by atoms with Crippen molar-refractivity contribution in [3.63, 3.8) is 0 Å². The standard InChI is InChI=1S/C30H37N3O5S/c1-23-9-8-12-27(24(23)2)31-17-19-32(20-18-31)30(34)22-33(16-15-25-10-6-5-7-11-25)39(35,36)26-13-14-28(37-3)29(21-26)38-4/h5-14,21H,15-20,22H2,1-4H3. The number of nitrogens with zero attached hydrogens (tertiary/aromatic N) is 3. The van der Waals surface area contributed by atoms with E-state index in [9.17, 15) is 13.2 Å². The Morgan fingerprint density at radius 3 is 2.23 bits per heavy atom. The van der Waals surface area contributed by atoms with Crippen LogP contribution in [0.1, 0.15) is 16.7 Å². The van der Waals surface area contributed by atoms with Crippen LogP contribution in [0.4, 0.5) is 5.69 Å². The Kier molecular flexibility index (Phi) is 9.14. The fourth-order valence-corrected chi connectivity index (χ4v) is 6.24. The highest BCUT2D eigenvalue weighted by molar-refractivity contribution is 7.89. The molecule has 0 saturated carbocycles. The van der Waals surface area contributed by atoms with Gasteiger partial charge in [0.15, 0.2) is 11.5 Å². The van der Waals surface area contributed by atoms with E-state index in [1.165, 1.54) is 47.5 Å². The van der Waals surface area contributed by atoms with E-state index >= 15 is 0 Å². The zero-order valence-electron chi connectivity index (χ0n) is 23.1. The van der Waals surface area contributed by atoms with Crippen LogP contribution in [0.15, 0.2) is 71.6 Å². The second-order valence-electron chi connectivity index (χ2n) is 9.68. The first kappa shape index (κ1) is 28.4. The molecule has 1 saturated heterocycles. The predicted molar refractivity (Wildman–Crippen MR) is 153 cm³/mol. The van der Waals surface area contributed by atoms with Crippen LogP contribution in [0.5, 0.6) is 11.5 Å². The predicted octanol–water partition coefficient (Wildman–Crippen LogP) is 3.90. The van der Waals surface area contributed by atoms with E-state index in [1.807, 2.05) is 30.3 Å². The average molecular weight is 552 g/mol. The minimum Gasteiger partial charge on any atom is -0.493 e. The third-order valence-corrected chi connectivity index (χ3v) is 9.19. The highest BCUT2D eigenvalue weighted by Gasteiger charge is 2.30. The molecule has 0 atom stereocenters. The van der Waals surface area contributed by atoms with Crippen molar-refractivity contribution in [1.29, 1.82) is 0 Å². The van der Waals surface area contributed by atoms with Crippen LogP contribution >= 0.6 is 0 Å². The van der Waals surface area contributed by atoms with Crippen molar-refractivity contribution in [1.82, 2.24) is 9.21 Å². The number of carbonyl (C=O) groups excluding carboxylic acids is 1. The van der Waals surface area contributed by atoms with Crippen LogP contribution in [0.25, 0.3) is 0 Å². The molecule has 1 heterocycles. The molecule has 1 aliphatic heterocycles. The van der Waals surface area contributed by atoms with Gasteiger partial charge < -0.3 is 19.3 Å². The molecular weight excluding hydrogens is 514 g/mol. The Morgan fingerprint density at radius 1 is 0.872 bits per heavy atom. The average Bonchev–Trinajstić information content (AvgIpc) is 2.96. The number of aryl methyl sites for hydroxylation is 1. The van der Waals surface area contributed by atoms with Crippen molar-refractivity contribution < 1.29 is 22.7 Å². The number of piperazine rings is 1. The number of hydrogen-bond donors (Lipinski definition) is 0. The van der Waals surface area contributed by atoms with Crippen molar-refractivity contribution in [3.05, 3.63) is 83.4 Å². The van der Waals surface area contributed by atoms with E-state index in [2.05, 4.69) is 36.9 Å². The molecule has 1 aliphatic rings. The third kappa shape index (κ3) is 6.54. The molecule has 208 valence electrons. The van der Waals surface area contributed by atoms with Crippen LogP contribution in [-0.2, 0) is 21.2 Å². The lowest BCUT2D eigenvalue weighted by Crippen LogP contribution is -2.52. The Bertz CT molecular complexity index is 1390. The lowest BCUT2D eigenvalue weighted by Gasteiger charge is -2.37. The van der Waals surface area contributed by atoms with Gasteiger partial charge in [0.1, 0.15) is 0 Å². The number of sulfonamides is 1. The molecule has 39 heavy (non-hydrogen) atoms. The quantitative estimate of drug-likeness (QED) is 0.380. The van der Waals surface area contributed by atoms with Crippen molar-refractivity contribution in [2.24, 2.45) is 0 Å². The van der Waals surface area contributed by atoms with E-state index in [1.54, 1.807) is 11.0 Å². The second kappa shape index (κ2) is 12.5. The number of hydrogen-bond acceptors (Lipinski definition) is 6. The monoisotopic (exact) mass is 551 g/mol. The molecule has 4 rings (SSSR count). The van der Waals surface area contributed by atoms with Crippen LogP contribution in [0.3, 0.4) is 0 Å². The van der Waals surface area contributed by atoms with Gasteiger partial charge in [-0.2, -0.15) is 4.31 Å². The number of amides is 1. The lowest BCUT2D eigenvalue weighted by molar-refractivity contribution is -0.131. The molecule has 1 fully saturated rings. The largest absolute Gasteiger partial charge is 0.493 e. The summed E-state index contributed by atoms with van der Waals surface area (Å²) < 4.78 is 39.5. The van der Waals surface area contributed by atoms with Crippen molar-refractivity contribution in [2.75, 3.05) is 58.4 Å². The van der Waals surface area contributed by atoms with Crippen molar-refractivity contribution in [2.45, 2.75) is 25.2 Å². The smallest absolute Gasteiger partial charge is 0.243 e. The van der Waals surface area contributed by atoms with E-state index in [-0.39, 0.29) is 23.9 Å². The van der Waals surface area contributed by atoms with Gasteiger partial charge in [0, 0.05) is 44.5 Å². The van der Waals surface area contributed by atoms with E-state index < -0.39 is 10.0 Å². The van der Waals surface area contributed by atoms with Gasteiger partial charge in [-0.25, -0.2) is 8.42 Å². The summed E-state index contributed by atoms with van der Waals surface area (Å²) in [6, 6.07) is 20.4. The molecule has 0 aromatic heterocycles. The molecule has 9 heteroatoms. The maximum absolute atomic E-state index is 13.8. The maximum Gasteiger partial charge on any atom is 0.243 e. The summed E-state index contributed by atoms with van der Waals surface area (Å²) >= 11 is 0. The molecular formula is C30H37N3O5S. The van der Waals surface area contributed by atoms with Gasteiger partial charge in [0.05, 0.1) is 25.7 Å². The van der Waals surface area contributed by atoms with E-state index in [4.69, 9.17) is 9.47 Å². The number of rotatable bonds is 10. The first-order valence-electron chi connectivity index (χ1n) is 13.1. The van der Waals surface area contributed by atoms with Gasteiger partial charge in [0.2, 0.25) is 15.9 Å². The summed E-state index contributed by atoms with van der Waals surface area (Å²) in [5.41, 5.74) is 4.66. The molecule has 0 radical (unpaired) electrons. The third-order valence-electron chi connectivity index (χ3n) is 7.35. The van der Waals surface area contributed by atoms with Gasteiger partial charge in [-0.05, 0) is 55.2 Å². The highest BCUT2D eigenvalue weighted by Crippen LogP contribution is 2.31. The zero-order chi connectivity index (χ0) is 28.0. The second-order valence-corrected chi connectivity index (χ2v) is 11.6.